The molecule has 4 heteroatoms. The number of hydrogen-bond acceptors (Lipinski definition) is 2. The predicted octanol–water partition coefficient (Wildman–Crippen LogP) is 5.60. The summed E-state index contributed by atoms with van der Waals surface area (Å²) < 4.78 is 0. The quantitative estimate of drug-likeness (QED) is 0.422. The van der Waals surface area contributed by atoms with Gasteiger partial charge in [-0.25, -0.2) is 0 Å². The van der Waals surface area contributed by atoms with Crippen LogP contribution in [0.1, 0.15) is 62.3 Å². The lowest BCUT2D eigenvalue weighted by Gasteiger charge is -2.32. The number of piperidine rings is 1. The van der Waals surface area contributed by atoms with Crippen molar-refractivity contribution in [1.29, 1.82) is 5.41 Å². The Morgan fingerprint density at radius 2 is 1.47 bits per heavy atom. The molecular weight excluding hydrogens is 394 g/mol. The van der Waals surface area contributed by atoms with Crippen molar-refractivity contribution in [1.82, 2.24) is 10.2 Å². The Labute approximate surface area is 191 Å². The van der Waals surface area contributed by atoms with Crippen LogP contribution < -0.4 is 5.32 Å². The lowest BCUT2D eigenvalue weighted by molar-refractivity contribution is -0.128. The van der Waals surface area contributed by atoms with Crippen molar-refractivity contribution in [3.8, 4) is 0 Å². The van der Waals surface area contributed by atoms with Crippen LogP contribution in [0.25, 0.3) is 17.7 Å². The summed E-state index contributed by atoms with van der Waals surface area (Å²) in [4.78, 5) is 14.2. The van der Waals surface area contributed by atoms with Crippen molar-refractivity contribution in [3.63, 3.8) is 0 Å². The van der Waals surface area contributed by atoms with Gasteiger partial charge in [-0.15, -0.1) is 0 Å². The number of carbonyl (C=O) groups is 1. The van der Waals surface area contributed by atoms with E-state index < -0.39 is 5.41 Å². The summed E-state index contributed by atoms with van der Waals surface area (Å²) >= 11 is 0. The topological polar surface area (TPSA) is 56.2 Å². The Morgan fingerprint density at radius 1 is 0.938 bits per heavy atom. The highest BCUT2D eigenvalue weighted by molar-refractivity contribution is 5.95. The minimum atomic E-state index is -0.394. The highest BCUT2D eigenvalue weighted by Gasteiger charge is 2.24. The molecule has 166 valence electrons. The van der Waals surface area contributed by atoms with Crippen LogP contribution in [0.3, 0.4) is 0 Å². The third-order valence-corrected chi connectivity index (χ3v) is 6.33. The molecule has 1 amide bonds. The average Bonchev–Trinajstić information content (AvgIpc) is 2.95. The van der Waals surface area contributed by atoms with Crippen LogP contribution in [0.4, 0.5) is 0 Å². The largest absolute Gasteiger partial charge is 0.360 e. The van der Waals surface area contributed by atoms with E-state index in [4.69, 9.17) is 5.41 Å². The van der Waals surface area contributed by atoms with Gasteiger partial charge in [0.25, 0.3) is 0 Å². The number of likely N-dealkylation sites (tertiary alicyclic amines) is 1. The molecule has 0 spiro atoms. The summed E-state index contributed by atoms with van der Waals surface area (Å²) in [6.07, 6.45) is 6.92. The van der Waals surface area contributed by atoms with Gasteiger partial charge >= 0.3 is 0 Å². The number of benzene rings is 2. The van der Waals surface area contributed by atoms with E-state index in [0.717, 1.165) is 25.9 Å². The minimum absolute atomic E-state index is 0.0373. The number of hydrogen-bond donors (Lipinski definition) is 2. The number of amidine groups is 1. The molecule has 32 heavy (non-hydrogen) atoms. The van der Waals surface area contributed by atoms with Crippen LogP contribution in [0.5, 0.6) is 0 Å². The van der Waals surface area contributed by atoms with Gasteiger partial charge in [0.2, 0.25) is 5.91 Å². The lowest BCUT2D eigenvalue weighted by atomic mass is 9.86. The summed E-state index contributed by atoms with van der Waals surface area (Å²) in [5.41, 5.74) is 7.57. The van der Waals surface area contributed by atoms with Gasteiger partial charge in [0, 0.05) is 31.5 Å². The highest BCUT2D eigenvalue weighted by atomic mass is 16.2. The second-order valence-electron chi connectivity index (χ2n) is 9.68. The SMILES string of the molecule is CC(C)(C)C(=O)NCCC(=N)N1CCC(=C2c3ccccc3C=Cc3ccccc32)CC1. The van der Waals surface area contributed by atoms with Gasteiger partial charge in [-0.05, 0) is 40.7 Å². The molecule has 4 rings (SSSR count). The molecule has 2 aliphatic rings. The van der Waals surface area contributed by atoms with E-state index in [1.165, 1.54) is 33.4 Å². The summed E-state index contributed by atoms with van der Waals surface area (Å²) in [6, 6.07) is 17.3. The number of amides is 1. The fourth-order valence-electron chi connectivity index (χ4n) is 4.46. The van der Waals surface area contributed by atoms with Crippen molar-refractivity contribution in [2.45, 2.75) is 40.0 Å². The van der Waals surface area contributed by atoms with E-state index in [-0.39, 0.29) is 5.91 Å². The summed E-state index contributed by atoms with van der Waals surface area (Å²) in [5.74, 6) is 0.654. The number of fused-ring (bicyclic) bond motifs is 2. The van der Waals surface area contributed by atoms with Crippen molar-refractivity contribution in [3.05, 3.63) is 76.4 Å². The standard InChI is InChI=1S/C28H33N3O/c1-28(2,3)27(32)30-17-14-25(29)31-18-15-22(16-19-31)26-23-10-6-4-8-20(23)12-13-21-9-5-7-11-24(21)26/h4-13,29H,14-19H2,1-3H3,(H,30,32). The summed E-state index contributed by atoms with van der Waals surface area (Å²) in [7, 11) is 0. The monoisotopic (exact) mass is 427 g/mol. The van der Waals surface area contributed by atoms with Crippen LogP contribution in [0, 0.1) is 10.8 Å². The number of rotatable bonds is 3. The van der Waals surface area contributed by atoms with Gasteiger partial charge in [-0.3, -0.25) is 10.2 Å². The molecule has 0 unspecified atom stereocenters. The Bertz CT molecular complexity index is 1030. The first-order valence-electron chi connectivity index (χ1n) is 11.5. The highest BCUT2D eigenvalue weighted by Crippen LogP contribution is 2.38. The van der Waals surface area contributed by atoms with E-state index in [0.29, 0.717) is 18.8 Å². The Morgan fingerprint density at radius 3 is 2.00 bits per heavy atom. The third kappa shape index (κ3) is 4.69. The fourth-order valence-corrected chi connectivity index (χ4v) is 4.46. The maximum absolute atomic E-state index is 12.1. The maximum atomic E-state index is 12.1. The Kier molecular flexibility index (Phi) is 6.31. The van der Waals surface area contributed by atoms with Gasteiger partial charge in [0.05, 0.1) is 5.84 Å². The van der Waals surface area contributed by atoms with Gasteiger partial charge in [-0.1, -0.05) is 87.0 Å². The molecule has 0 bridgehead atoms. The van der Waals surface area contributed by atoms with Crippen LogP contribution >= 0.6 is 0 Å². The Hall–Kier alpha value is -3.14. The number of carbonyl (C=O) groups excluding carboxylic acids is 1. The van der Waals surface area contributed by atoms with Crippen LogP contribution in [-0.2, 0) is 4.79 Å². The fraction of sp³-hybridized carbons (Fsp3) is 0.357. The van der Waals surface area contributed by atoms with Crippen LogP contribution in [-0.4, -0.2) is 36.3 Å². The van der Waals surface area contributed by atoms with E-state index in [1.807, 2.05) is 20.8 Å². The zero-order valence-electron chi connectivity index (χ0n) is 19.4. The summed E-state index contributed by atoms with van der Waals surface area (Å²) in [6.45, 7) is 7.95. The third-order valence-electron chi connectivity index (χ3n) is 6.33. The second kappa shape index (κ2) is 9.15. The molecule has 2 N–H and O–H groups in total. The smallest absolute Gasteiger partial charge is 0.225 e. The molecule has 2 aromatic carbocycles. The van der Waals surface area contributed by atoms with Crippen molar-refractivity contribution in [2.75, 3.05) is 19.6 Å². The minimum Gasteiger partial charge on any atom is -0.360 e. The lowest BCUT2D eigenvalue weighted by Crippen LogP contribution is -2.40. The van der Waals surface area contributed by atoms with E-state index >= 15 is 0 Å². The first kappa shape index (κ1) is 22.1. The van der Waals surface area contributed by atoms with E-state index in [9.17, 15) is 4.79 Å². The molecule has 0 aromatic heterocycles. The molecular formula is C28H33N3O. The molecule has 1 heterocycles. The first-order chi connectivity index (χ1) is 15.3. The van der Waals surface area contributed by atoms with Gasteiger partial charge in [-0.2, -0.15) is 0 Å². The molecule has 0 saturated carbocycles. The molecule has 1 aliphatic carbocycles. The van der Waals surface area contributed by atoms with Crippen molar-refractivity contribution < 1.29 is 4.79 Å². The van der Waals surface area contributed by atoms with E-state index in [2.05, 4.69) is 70.9 Å². The molecule has 0 radical (unpaired) electrons. The van der Waals surface area contributed by atoms with E-state index in [1.54, 1.807) is 0 Å². The molecule has 2 aromatic rings. The molecule has 4 nitrogen and oxygen atoms in total. The van der Waals surface area contributed by atoms with Crippen LogP contribution in [0.15, 0.2) is 54.1 Å². The van der Waals surface area contributed by atoms with Crippen molar-refractivity contribution >= 4 is 29.5 Å². The molecule has 1 fully saturated rings. The normalized spacial score (nSPS) is 15.7. The predicted molar refractivity (Wildman–Crippen MR) is 133 cm³/mol. The zero-order valence-corrected chi connectivity index (χ0v) is 19.4. The maximum Gasteiger partial charge on any atom is 0.225 e. The van der Waals surface area contributed by atoms with Gasteiger partial charge < -0.3 is 10.2 Å². The van der Waals surface area contributed by atoms with Crippen LogP contribution in [0.2, 0.25) is 0 Å². The van der Waals surface area contributed by atoms with Gasteiger partial charge in [0.15, 0.2) is 0 Å². The van der Waals surface area contributed by atoms with Crippen molar-refractivity contribution in [2.24, 2.45) is 5.41 Å². The molecule has 1 aliphatic heterocycles. The second-order valence-corrected chi connectivity index (χ2v) is 9.68. The zero-order chi connectivity index (χ0) is 22.7. The molecule has 0 atom stereocenters. The first-order valence-corrected chi connectivity index (χ1v) is 11.5. The summed E-state index contributed by atoms with van der Waals surface area (Å²) in [5, 5.41) is 11.5. The number of nitrogens with one attached hydrogen (secondary N) is 2. The Balaban J connectivity index is 1.49. The number of nitrogens with zero attached hydrogens (tertiary/aromatic N) is 1. The average molecular weight is 428 g/mol. The van der Waals surface area contributed by atoms with Gasteiger partial charge in [0.1, 0.15) is 0 Å². The molecule has 1 saturated heterocycles.